The lowest BCUT2D eigenvalue weighted by Gasteiger charge is -1.98. The molecule has 0 unspecified atom stereocenters. The molecule has 0 atom stereocenters. The number of halogens is 1. The molecule has 0 saturated heterocycles. The van der Waals surface area contributed by atoms with Crippen molar-refractivity contribution in [1.82, 2.24) is 0 Å². The second kappa shape index (κ2) is 4.27. The number of hydrogen-bond donors (Lipinski definition) is 0. The van der Waals surface area contributed by atoms with Crippen LogP contribution in [-0.2, 0) is 6.42 Å². The predicted molar refractivity (Wildman–Crippen MR) is 50.9 cm³/mol. The Hall–Kier alpha value is -0.820. The van der Waals surface area contributed by atoms with E-state index >= 15 is 0 Å². The zero-order valence-corrected chi connectivity index (χ0v) is 7.77. The average Bonchev–Trinajstić information content (AvgIpc) is 2.17. The molecule has 1 nitrogen and oxygen atoms in total. The Morgan fingerprint density at radius 2 is 1.92 bits per heavy atom. The second-order valence-electron chi connectivity index (χ2n) is 2.61. The van der Waals surface area contributed by atoms with Crippen LogP contribution < -0.4 is 0 Å². The smallest absolute Gasteiger partial charge is 0.177 e. The van der Waals surface area contributed by atoms with Gasteiger partial charge in [0.1, 0.15) is 0 Å². The van der Waals surface area contributed by atoms with Gasteiger partial charge in [-0.1, -0.05) is 31.2 Å². The van der Waals surface area contributed by atoms with E-state index in [4.69, 9.17) is 11.6 Å². The number of rotatable bonds is 3. The highest BCUT2D eigenvalue weighted by atomic mass is 35.5. The Labute approximate surface area is 77.4 Å². The lowest BCUT2D eigenvalue weighted by Crippen LogP contribution is -1.99. The van der Waals surface area contributed by atoms with Crippen molar-refractivity contribution in [2.75, 3.05) is 5.88 Å². The van der Waals surface area contributed by atoms with Crippen LogP contribution in [0, 0.1) is 0 Å². The van der Waals surface area contributed by atoms with Crippen molar-refractivity contribution < 1.29 is 4.79 Å². The van der Waals surface area contributed by atoms with Gasteiger partial charge in [-0.25, -0.2) is 0 Å². The number of hydrogen-bond acceptors (Lipinski definition) is 1. The fourth-order valence-corrected chi connectivity index (χ4v) is 1.16. The van der Waals surface area contributed by atoms with Gasteiger partial charge >= 0.3 is 0 Å². The van der Waals surface area contributed by atoms with E-state index < -0.39 is 0 Å². The topological polar surface area (TPSA) is 17.1 Å². The molecule has 0 saturated carbocycles. The number of ketones is 1. The van der Waals surface area contributed by atoms with Crippen molar-refractivity contribution >= 4 is 17.4 Å². The van der Waals surface area contributed by atoms with Crippen molar-refractivity contribution in [3.05, 3.63) is 35.4 Å². The minimum absolute atomic E-state index is 0.0145. The molecule has 0 aliphatic rings. The van der Waals surface area contributed by atoms with E-state index in [0.717, 1.165) is 6.42 Å². The highest BCUT2D eigenvalue weighted by molar-refractivity contribution is 6.30. The largest absolute Gasteiger partial charge is 0.293 e. The van der Waals surface area contributed by atoms with E-state index in [1.54, 1.807) is 0 Å². The molecule has 0 spiro atoms. The quantitative estimate of drug-likeness (QED) is 0.519. The molecule has 0 heterocycles. The Bertz CT molecular complexity index is 264. The van der Waals surface area contributed by atoms with E-state index in [1.807, 2.05) is 24.3 Å². The number of carbonyl (C=O) groups excluding carboxylic acids is 1. The molecule has 0 aromatic heterocycles. The monoisotopic (exact) mass is 182 g/mol. The van der Waals surface area contributed by atoms with Crippen LogP contribution in [0.3, 0.4) is 0 Å². The third-order valence-corrected chi connectivity index (χ3v) is 2.05. The molecule has 0 aliphatic carbocycles. The fraction of sp³-hybridized carbons (Fsp3) is 0.300. The SMILES string of the molecule is CCc1ccc(C(=O)CCl)cc1. The molecule has 64 valence electrons. The van der Waals surface area contributed by atoms with Crippen LogP contribution in [0.5, 0.6) is 0 Å². The molecule has 0 radical (unpaired) electrons. The second-order valence-corrected chi connectivity index (χ2v) is 2.87. The van der Waals surface area contributed by atoms with Crippen molar-refractivity contribution in [3.63, 3.8) is 0 Å². The highest BCUT2D eigenvalue weighted by Gasteiger charge is 2.01. The minimum Gasteiger partial charge on any atom is -0.293 e. The summed E-state index contributed by atoms with van der Waals surface area (Å²) in [6, 6.07) is 7.56. The van der Waals surface area contributed by atoms with Crippen LogP contribution in [0.25, 0.3) is 0 Å². The molecule has 1 rings (SSSR count). The molecule has 0 fully saturated rings. The maximum Gasteiger partial charge on any atom is 0.177 e. The van der Waals surface area contributed by atoms with Gasteiger partial charge in [0.15, 0.2) is 5.78 Å². The number of alkyl halides is 1. The van der Waals surface area contributed by atoms with Crippen molar-refractivity contribution in [3.8, 4) is 0 Å². The van der Waals surface area contributed by atoms with Crippen molar-refractivity contribution in [2.24, 2.45) is 0 Å². The summed E-state index contributed by atoms with van der Waals surface area (Å²) in [5.74, 6) is 0.0465. The summed E-state index contributed by atoms with van der Waals surface area (Å²) in [5.41, 5.74) is 1.93. The lowest BCUT2D eigenvalue weighted by molar-refractivity contribution is 0.102. The Morgan fingerprint density at radius 1 is 1.33 bits per heavy atom. The minimum atomic E-state index is -0.0145. The molecule has 1 aromatic carbocycles. The van der Waals surface area contributed by atoms with Gasteiger partial charge in [-0.05, 0) is 12.0 Å². The molecule has 0 aliphatic heterocycles. The zero-order chi connectivity index (χ0) is 8.97. The maximum atomic E-state index is 11.1. The standard InChI is InChI=1S/C10H11ClO/c1-2-8-3-5-9(6-4-8)10(12)7-11/h3-6H,2,7H2,1H3. The fourth-order valence-electron chi connectivity index (χ4n) is 1.00. The molecule has 2 heteroatoms. The van der Waals surface area contributed by atoms with Crippen molar-refractivity contribution in [2.45, 2.75) is 13.3 Å². The normalized spacial score (nSPS) is 9.83. The Kier molecular flexibility index (Phi) is 3.30. The van der Waals surface area contributed by atoms with Crippen LogP contribution in [-0.4, -0.2) is 11.7 Å². The van der Waals surface area contributed by atoms with Gasteiger partial charge in [0.25, 0.3) is 0 Å². The molecular weight excluding hydrogens is 172 g/mol. The van der Waals surface area contributed by atoms with E-state index in [0.29, 0.717) is 5.56 Å². The number of carbonyl (C=O) groups is 1. The van der Waals surface area contributed by atoms with Gasteiger partial charge in [-0.2, -0.15) is 0 Å². The summed E-state index contributed by atoms with van der Waals surface area (Å²) in [5, 5.41) is 0. The van der Waals surface area contributed by atoms with Crippen LogP contribution in [0.15, 0.2) is 24.3 Å². The predicted octanol–water partition coefficient (Wildman–Crippen LogP) is 2.67. The van der Waals surface area contributed by atoms with Crippen LogP contribution in [0.4, 0.5) is 0 Å². The third kappa shape index (κ3) is 2.08. The van der Waals surface area contributed by atoms with E-state index in [9.17, 15) is 4.79 Å². The number of Topliss-reactive ketones (excluding diaryl/α,β-unsaturated/α-hetero) is 1. The average molecular weight is 183 g/mol. The summed E-state index contributed by atoms with van der Waals surface area (Å²) in [4.78, 5) is 11.1. The lowest BCUT2D eigenvalue weighted by atomic mass is 10.1. The van der Waals surface area contributed by atoms with Gasteiger partial charge in [0.05, 0.1) is 5.88 Å². The van der Waals surface area contributed by atoms with E-state index in [1.165, 1.54) is 5.56 Å². The summed E-state index contributed by atoms with van der Waals surface area (Å²) in [7, 11) is 0. The zero-order valence-electron chi connectivity index (χ0n) is 7.01. The van der Waals surface area contributed by atoms with Gasteiger partial charge < -0.3 is 0 Å². The van der Waals surface area contributed by atoms with Crippen LogP contribution in [0.2, 0.25) is 0 Å². The van der Waals surface area contributed by atoms with Crippen LogP contribution in [0.1, 0.15) is 22.8 Å². The maximum absolute atomic E-state index is 11.1. The molecule has 12 heavy (non-hydrogen) atoms. The Balaban J connectivity index is 2.84. The first-order valence-electron chi connectivity index (χ1n) is 3.96. The first-order valence-corrected chi connectivity index (χ1v) is 4.49. The molecule has 0 bridgehead atoms. The summed E-state index contributed by atoms with van der Waals surface area (Å²) in [6.07, 6.45) is 0.995. The molecular formula is C10H11ClO. The number of benzene rings is 1. The summed E-state index contributed by atoms with van der Waals surface area (Å²) < 4.78 is 0. The number of aryl methyl sites for hydroxylation is 1. The highest BCUT2D eigenvalue weighted by Crippen LogP contribution is 2.06. The Morgan fingerprint density at radius 3 is 2.33 bits per heavy atom. The van der Waals surface area contributed by atoms with Gasteiger partial charge in [0.2, 0.25) is 0 Å². The van der Waals surface area contributed by atoms with Gasteiger partial charge in [-0.3, -0.25) is 4.79 Å². The van der Waals surface area contributed by atoms with Crippen LogP contribution >= 0.6 is 11.6 Å². The van der Waals surface area contributed by atoms with E-state index in [-0.39, 0.29) is 11.7 Å². The first-order chi connectivity index (χ1) is 5.77. The molecule has 0 amide bonds. The van der Waals surface area contributed by atoms with Gasteiger partial charge in [0, 0.05) is 5.56 Å². The summed E-state index contributed by atoms with van der Waals surface area (Å²) in [6.45, 7) is 2.08. The summed E-state index contributed by atoms with van der Waals surface area (Å²) >= 11 is 5.41. The van der Waals surface area contributed by atoms with E-state index in [2.05, 4.69) is 6.92 Å². The van der Waals surface area contributed by atoms with Crippen molar-refractivity contribution in [1.29, 1.82) is 0 Å². The molecule has 1 aromatic rings. The van der Waals surface area contributed by atoms with Gasteiger partial charge in [-0.15, -0.1) is 11.6 Å². The first kappa shape index (κ1) is 9.27. The molecule has 0 N–H and O–H groups in total. The third-order valence-electron chi connectivity index (χ3n) is 1.81.